The second-order valence-corrected chi connectivity index (χ2v) is 7.99. The van der Waals surface area contributed by atoms with E-state index in [-0.39, 0.29) is 11.7 Å². The largest absolute Gasteiger partial charge is 0.384 e. The molecule has 2 aromatic carbocycles. The lowest BCUT2D eigenvalue weighted by molar-refractivity contribution is -0.0294. The molecular formula is C23H29ClFNO2. The number of nitrogens with zero attached hydrogens (tertiary/aromatic N) is 1. The van der Waals surface area contributed by atoms with Gasteiger partial charge in [-0.1, -0.05) is 55.6 Å². The van der Waals surface area contributed by atoms with Gasteiger partial charge < -0.3 is 9.84 Å². The molecule has 1 aliphatic rings. The summed E-state index contributed by atoms with van der Waals surface area (Å²) in [6.07, 6.45) is 2.49. The number of morpholine rings is 1. The first-order valence-electron chi connectivity index (χ1n) is 10.1. The average Bonchev–Trinajstić information content (AvgIpc) is 2.72. The molecule has 1 saturated heterocycles. The third-order valence-electron chi connectivity index (χ3n) is 5.65. The Hall–Kier alpha value is -1.46. The Balaban J connectivity index is 2.00. The maximum atomic E-state index is 13.5. The van der Waals surface area contributed by atoms with E-state index in [1.807, 2.05) is 24.3 Å². The smallest absolute Gasteiger partial charge is 0.123 e. The zero-order chi connectivity index (χ0) is 20.0. The van der Waals surface area contributed by atoms with Crippen LogP contribution in [-0.2, 0) is 10.3 Å². The number of ether oxygens (including phenoxy) is 1. The molecule has 0 bridgehead atoms. The van der Waals surface area contributed by atoms with Crippen molar-refractivity contribution in [2.75, 3.05) is 32.8 Å². The van der Waals surface area contributed by atoms with Crippen molar-refractivity contribution in [3.05, 3.63) is 70.5 Å². The Morgan fingerprint density at radius 3 is 2.36 bits per heavy atom. The third kappa shape index (κ3) is 5.12. The van der Waals surface area contributed by atoms with Crippen LogP contribution < -0.4 is 0 Å². The first-order valence-corrected chi connectivity index (χ1v) is 10.4. The van der Waals surface area contributed by atoms with Crippen LogP contribution >= 0.6 is 11.6 Å². The summed E-state index contributed by atoms with van der Waals surface area (Å²) in [4.78, 5) is 2.34. The number of rotatable bonds is 8. The molecule has 152 valence electrons. The number of halogens is 2. The molecule has 2 atom stereocenters. The number of benzene rings is 2. The van der Waals surface area contributed by atoms with Gasteiger partial charge in [0.1, 0.15) is 5.82 Å². The molecule has 0 unspecified atom stereocenters. The predicted molar refractivity (Wildman–Crippen MR) is 111 cm³/mol. The van der Waals surface area contributed by atoms with E-state index < -0.39 is 5.60 Å². The molecule has 2 aromatic rings. The minimum atomic E-state index is -1.09. The van der Waals surface area contributed by atoms with Crippen LogP contribution in [0.15, 0.2) is 48.5 Å². The van der Waals surface area contributed by atoms with Crippen molar-refractivity contribution >= 4 is 11.6 Å². The predicted octanol–water partition coefficient (Wildman–Crippen LogP) is 4.97. The lowest BCUT2D eigenvalue weighted by atomic mass is 9.74. The van der Waals surface area contributed by atoms with Gasteiger partial charge in [-0.3, -0.25) is 4.90 Å². The SMILES string of the molecule is CCCC[C@@](O)(c1ccc(F)cc1)[C@@H](CN1CCOCC1)c1ccc(Cl)cc1. The summed E-state index contributed by atoms with van der Waals surface area (Å²) in [7, 11) is 0. The summed E-state index contributed by atoms with van der Waals surface area (Å²) in [6, 6.07) is 14.0. The van der Waals surface area contributed by atoms with Gasteiger partial charge >= 0.3 is 0 Å². The van der Waals surface area contributed by atoms with Crippen molar-refractivity contribution in [1.82, 2.24) is 4.90 Å². The van der Waals surface area contributed by atoms with Gasteiger partial charge in [-0.25, -0.2) is 4.39 Å². The fourth-order valence-electron chi connectivity index (χ4n) is 3.97. The average molecular weight is 406 g/mol. The summed E-state index contributed by atoms with van der Waals surface area (Å²) < 4.78 is 19.0. The third-order valence-corrected chi connectivity index (χ3v) is 5.90. The molecule has 3 nitrogen and oxygen atoms in total. The van der Waals surface area contributed by atoms with Crippen LogP contribution in [0.1, 0.15) is 43.2 Å². The van der Waals surface area contributed by atoms with Crippen LogP contribution in [0.5, 0.6) is 0 Å². The molecule has 3 rings (SSSR count). The van der Waals surface area contributed by atoms with Crippen molar-refractivity contribution in [2.24, 2.45) is 0 Å². The number of unbranched alkanes of at least 4 members (excludes halogenated alkanes) is 1. The van der Waals surface area contributed by atoms with Crippen LogP contribution in [0.3, 0.4) is 0 Å². The fourth-order valence-corrected chi connectivity index (χ4v) is 4.10. The standard InChI is InChI=1S/C23H29ClFNO2/c1-2-3-12-23(27,19-6-10-21(25)11-7-19)22(17-26-13-15-28-16-14-26)18-4-8-20(24)9-5-18/h4-11,22,27H,2-3,12-17H2,1H3/t22-,23+/m0/s1. The summed E-state index contributed by atoms with van der Waals surface area (Å²) in [5, 5.41) is 12.7. The molecule has 0 saturated carbocycles. The van der Waals surface area contributed by atoms with Crippen molar-refractivity contribution in [1.29, 1.82) is 0 Å². The lowest BCUT2D eigenvalue weighted by Crippen LogP contribution is -2.45. The summed E-state index contributed by atoms with van der Waals surface area (Å²) >= 11 is 6.11. The van der Waals surface area contributed by atoms with Crippen LogP contribution in [0.25, 0.3) is 0 Å². The molecule has 0 aliphatic carbocycles. The second-order valence-electron chi connectivity index (χ2n) is 7.55. The van der Waals surface area contributed by atoms with Crippen molar-refractivity contribution in [3.63, 3.8) is 0 Å². The van der Waals surface area contributed by atoms with E-state index in [0.29, 0.717) is 31.2 Å². The lowest BCUT2D eigenvalue weighted by Gasteiger charge is -2.41. The van der Waals surface area contributed by atoms with Gasteiger partial charge in [0.05, 0.1) is 18.8 Å². The Labute approximate surface area is 172 Å². The van der Waals surface area contributed by atoms with E-state index >= 15 is 0 Å². The molecule has 1 N–H and O–H groups in total. The number of aliphatic hydroxyl groups is 1. The van der Waals surface area contributed by atoms with Gasteiger partial charge in [-0.15, -0.1) is 0 Å². The molecule has 0 aromatic heterocycles. The number of hydrogen-bond acceptors (Lipinski definition) is 3. The molecule has 0 amide bonds. The minimum Gasteiger partial charge on any atom is -0.384 e. The van der Waals surface area contributed by atoms with Crippen molar-refractivity contribution in [3.8, 4) is 0 Å². The number of hydrogen-bond donors (Lipinski definition) is 1. The van der Waals surface area contributed by atoms with E-state index in [2.05, 4.69) is 11.8 Å². The normalized spacial score (nSPS) is 18.6. The van der Waals surface area contributed by atoms with Gasteiger partial charge in [0, 0.05) is 30.6 Å². The highest BCUT2D eigenvalue weighted by Crippen LogP contribution is 2.42. The Kier molecular flexibility index (Phi) is 7.47. The molecule has 0 radical (unpaired) electrons. The van der Waals surface area contributed by atoms with Crippen LogP contribution in [0.2, 0.25) is 5.02 Å². The van der Waals surface area contributed by atoms with E-state index in [1.165, 1.54) is 12.1 Å². The quantitative estimate of drug-likeness (QED) is 0.672. The Morgan fingerprint density at radius 1 is 1.11 bits per heavy atom. The first kappa shape index (κ1) is 21.3. The zero-order valence-electron chi connectivity index (χ0n) is 16.4. The summed E-state index contributed by atoms with van der Waals surface area (Å²) in [5.74, 6) is -0.447. The maximum Gasteiger partial charge on any atom is 0.123 e. The molecule has 1 heterocycles. The van der Waals surface area contributed by atoms with E-state index in [1.54, 1.807) is 12.1 Å². The van der Waals surface area contributed by atoms with E-state index in [4.69, 9.17) is 16.3 Å². The van der Waals surface area contributed by atoms with Gasteiger partial charge in [0.2, 0.25) is 0 Å². The minimum absolute atomic E-state index is 0.153. The fraction of sp³-hybridized carbons (Fsp3) is 0.478. The Morgan fingerprint density at radius 2 is 1.75 bits per heavy atom. The molecular weight excluding hydrogens is 377 g/mol. The van der Waals surface area contributed by atoms with Gasteiger partial charge in [-0.05, 0) is 41.8 Å². The molecule has 28 heavy (non-hydrogen) atoms. The van der Waals surface area contributed by atoms with Gasteiger partial charge in [0.15, 0.2) is 0 Å². The zero-order valence-corrected chi connectivity index (χ0v) is 17.2. The van der Waals surface area contributed by atoms with Crippen molar-refractivity contribution < 1.29 is 14.2 Å². The molecule has 1 aliphatic heterocycles. The van der Waals surface area contributed by atoms with E-state index in [9.17, 15) is 9.50 Å². The molecule has 5 heteroatoms. The second kappa shape index (κ2) is 9.84. The summed E-state index contributed by atoms with van der Waals surface area (Å²) in [5.41, 5.74) is 0.713. The topological polar surface area (TPSA) is 32.7 Å². The molecule has 1 fully saturated rings. The highest BCUT2D eigenvalue weighted by atomic mass is 35.5. The Bertz CT molecular complexity index is 731. The van der Waals surface area contributed by atoms with Crippen molar-refractivity contribution in [2.45, 2.75) is 37.7 Å². The van der Waals surface area contributed by atoms with Crippen LogP contribution in [0.4, 0.5) is 4.39 Å². The van der Waals surface area contributed by atoms with Crippen LogP contribution in [-0.4, -0.2) is 42.9 Å². The van der Waals surface area contributed by atoms with Gasteiger partial charge in [0.25, 0.3) is 0 Å². The summed E-state index contributed by atoms with van der Waals surface area (Å²) in [6.45, 7) is 5.93. The molecule has 0 spiro atoms. The monoisotopic (exact) mass is 405 g/mol. The highest BCUT2D eigenvalue weighted by Gasteiger charge is 2.40. The van der Waals surface area contributed by atoms with E-state index in [0.717, 1.165) is 37.1 Å². The maximum absolute atomic E-state index is 13.5. The van der Waals surface area contributed by atoms with Crippen LogP contribution in [0, 0.1) is 5.82 Å². The highest BCUT2D eigenvalue weighted by molar-refractivity contribution is 6.30. The van der Waals surface area contributed by atoms with Gasteiger partial charge in [-0.2, -0.15) is 0 Å². The first-order chi connectivity index (χ1) is 13.5.